The lowest BCUT2D eigenvalue weighted by Crippen LogP contribution is -2.45. The van der Waals surface area contributed by atoms with E-state index in [4.69, 9.17) is 22.3 Å². The number of rotatable bonds is 9. The van der Waals surface area contributed by atoms with E-state index in [2.05, 4.69) is 9.97 Å². The molecule has 0 saturated carbocycles. The van der Waals surface area contributed by atoms with Crippen molar-refractivity contribution in [3.63, 3.8) is 0 Å². The molecule has 2 unspecified atom stereocenters. The van der Waals surface area contributed by atoms with Crippen LogP contribution in [0.3, 0.4) is 0 Å². The third-order valence-corrected chi connectivity index (χ3v) is 5.83. The van der Waals surface area contributed by atoms with E-state index < -0.39 is 18.1 Å². The molecule has 0 spiro atoms. The van der Waals surface area contributed by atoms with Gasteiger partial charge in [-0.1, -0.05) is 30.3 Å². The number of aryl methyl sites for hydroxylation is 2. The molecule has 0 bridgehead atoms. The molecule has 0 fully saturated rings. The number of nitrogens with one attached hydrogen (secondary N) is 3. The van der Waals surface area contributed by atoms with E-state index in [9.17, 15) is 9.90 Å². The minimum Gasteiger partial charge on any atom is -0.465 e. The molecule has 3 rings (SSSR count). The quantitative estimate of drug-likeness (QED) is 0.178. The Hall–Kier alpha value is -3.30. The Labute approximate surface area is 217 Å². The predicted molar refractivity (Wildman–Crippen MR) is 144 cm³/mol. The minimum atomic E-state index is -1.06. The van der Waals surface area contributed by atoms with Gasteiger partial charge in [0.25, 0.3) is 0 Å². The van der Waals surface area contributed by atoms with Crippen molar-refractivity contribution in [1.82, 2.24) is 14.9 Å². The lowest BCUT2D eigenvalue weighted by molar-refractivity contribution is 0.0938. The predicted octanol–water partition coefficient (Wildman–Crippen LogP) is 4.61. The van der Waals surface area contributed by atoms with Gasteiger partial charge in [0.2, 0.25) is 0 Å². The van der Waals surface area contributed by atoms with Gasteiger partial charge in [-0.3, -0.25) is 15.7 Å². The number of imidazole rings is 1. The van der Waals surface area contributed by atoms with Crippen LogP contribution in [0.15, 0.2) is 42.5 Å². The molecule has 2 aromatic carbocycles. The maximum Gasteiger partial charge on any atom is 0.408 e. The van der Waals surface area contributed by atoms with Crippen molar-refractivity contribution in [3.05, 3.63) is 65.0 Å². The number of aromatic amines is 1. The Kier molecular flexibility index (Phi) is 10.5. The molecule has 8 N–H and O–H groups in total. The zero-order valence-electron chi connectivity index (χ0n) is 19.9. The van der Waals surface area contributed by atoms with Crippen molar-refractivity contribution in [2.24, 2.45) is 17.4 Å². The van der Waals surface area contributed by atoms with E-state index in [0.29, 0.717) is 18.4 Å². The molecule has 0 aliphatic rings. The highest BCUT2D eigenvalue weighted by atomic mass is 35.5. The zero-order valence-corrected chi connectivity index (χ0v) is 21.5. The molecule has 0 radical (unpaired) electrons. The van der Waals surface area contributed by atoms with Gasteiger partial charge in [0.1, 0.15) is 11.7 Å². The number of carbonyl (C=O) groups is 1. The lowest BCUT2D eigenvalue weighted by atomic mass is 9.85. The first-order valence-corrected chi connectivity index (χ1v) is 10.8. The van der Waals surface area contributed by atoms with Gasteiger partial charge >= 0.3 is 6.09 Å². The number of H-pyrrole nitrogens is 1. The Morgan fingerprint density at radius 3 is 2.26 bits per heavy atom. The maximum atomic E-state index is 12.3. The Bertz CT molecular complexity index is 1180. The molecule has 2 atom stereocenters. The molecular weight excluding hydrogens is 489 g/mol. The van der Waals surface area contributed by atoms with E-state index in [0.717, 1.165) is 28.0 Å². The average Bonchev–Trinajstić information content (AvgIpc) is 3.11. The van der Waals surface area contributed by atoms with E-state index in [1.54, 1.807) is 12.1 Å². The summed E-state index contributed by atoms with van der Waals surface area (Å²) in [5.41, 5.74) is 15.6. The first-order valence-electron chi connectivity index (χ1n) is 10.8. The largest absolute Gasteiger partial charge is 0.465 e. The highest BCUT2D eigenvalue weighted by Crippen LogP contribution is 2.35. The van der Waals surface area contributed by atoms with Gasteiger partial charge in [-0.05, 0) is 56.9 Å². The monoisotopic (exact) mass is 521 g/mol. The fourth-order valence-corrected chi connectivity index (χ4v) is 4.24. The van der Waals surface area contributed by atoms with E-state index in [-0.39, 0.29) is 42.5 Å². The van der Waals surface area contributed by atoms with Gasteiger partial charge in [0, 0.05) is 17.5 Å². The molecule has 9 nitrogen and oxygen atoms in total. The summed E-state index contributed by atoms with van der Waals surface area (Å²) >= 11 is 0. The maximum absolute atomic E-state index is 12.3. The summed E-state index contributed by atoms with van der Waals surface area (Å²) in [7, 11) is 0. The van der Waals surface area contributed by atoms with Crippen molar-refractivity contribution in [3.8, 4) is 0 Å². The number of nitrogens with two attached hydrogens (primary N) is 2. The molecule has 3 aromatic rings. The summed E-state index contributed by atoms with van der Waals surface area (Å²) < 4.78 is 0. The molecule has 0 saturated heterocycles. The van der Waals surface area contributed by atoms with Gasteiger partial charge in [0.05, 0.1) is 22.9 Å². The third-order valence-electron chi connectivity index (χ3n) is 5.83. The number of fused-ring (bicyclic) bond motifs is 1. The van der Waals surface area contributed by atoms with Gasteiger partial charge in [-0.2, -0.15) is 0 Å². The van der Waals surface area contributed by atoms with E-state index in [1.165, 1.54) is 4.90 Å². The summed E-state index contributed by atoms with van der Waals surface area (Å²) in [6.45, 7) is 5.50. The Morgan fingerprint density at radius 2 is 1.74 bits per heavy atom. The number of amidine groups is 2. The molecule has 35 heavy (non-hydrogen) atoms. The molecule has 1 heterocycles. The summed E-state index contributed by atoms with van der Waals surface area (Å²) in [5, 5.41) is 25.9. The first kappa shape index (κ1) is 29.7. The minimum absolute atomic E-state index is 0. The van der Waals surface area contributed by atoms with Crippen LogP contribution in [0, 0.1) is 23.7 Å². The molecule has 1 amide bonds. The molecular formula is C24H33Cl2N7O2. The normalized spacial score (nSPS) is 12.3. The Morgan fingerprint density at radius 1 is 1.11 bits per heavy atom. The molecule has 0 aliphatic heterocycles. The smallest absolute Gasteiger partial charge is 0.408 e. The van der Waals surface area contributed by atoms with Crippen LogP contribution >= 0.6 is 24.8 Å². The second-order valence-corrected chi connectivity index (χ2v) is 8.54. The van der Waals surface area contributed by atoms with Crippen LogP contribution < -0.4 is 11.5 Å². The zero-order chi connectivity index (χ0) is 24.3. The van der Waals surface area contributed by atoms with Crippen LogP contribution in [-0.2, 0) is 6.42 Å². The van der Waals surface area contributed by atoms with Crippen molar-refractivity contribution < 1.29 is 9.90 Å². The van der Waals surface area contributed by atoms with Gasteiger partial charge in [-0.15, -0.1) is 24.8 Å². The number of amides is 1. The number of hydrogen-bond donors (Lipinski definition) is 6. The highest BCUT2D eigenvalue weighted by Gasteiger charge is 2.35. The highest BCUT2D eigenvalue weighted by molar-refractivity contribution is 5.94. The first-order chi connectivity index (χ1) is 15.6. The average molecular weight is 522 g/mol. The second-order valence-electron chi connectivity index (χ2n) is 8.54. The number of nitrogens with zero attached hydrogens (tertiary/aromatic N) is 2. The van der Waals surface area contributed by atoms with Crippen LogP contribution in [-0.4, -0.2) is 43.8 Å². The number of nitrogen functional groups attached to an aromatic ring is 1. The SMILES string of the molecule is Cc1nc2cc(C(C(CCc3ccc(C(=N)N)cc3)C(=N)N)N(C(=O)O)C(C)C)ccc2[nH]1.Cl.Cl. The Balaban J connectivity index is 0.00000306. The molecule has 190 valence electrons. The number of benzene rings is 2. The van der Waals surface area contributed by atoms with Gasteiger partial charge in [0.15, 0.2) is 0 Å². The topological polar surface area (TPSA) is 169 Å². The van der Waals surface area contributed by atoms with Crippen molar-refractivity contribution in [2.45, 2.75) is 45.7 Å². The summed E-state index contributed by atoms with van der Waals surface area (Å²) in [4.78, 5) is 21.3. The van der Waals surface area contributed by atoms with Gasteiger partial charge < -0.3 is 21.6 Å². The number of halogens is 2. The van der Waals surface area contributed by atoms with Gasteiger partial charge in [-0.25, -0.2) is 9.78 Å². The summed E-state index contributed by atoms with van der Waals surface area (Å²) in [6, 6.07) is 12.0. The van der Waals surface area contributed by atoms with Crippen LogP contribution in [0.25, 0.3) is 11.0 Å². The summed E-state index contributed by atoms with van der Waals surface area (Å²) in [5.74, 6) is 0.176. The van der Waals surface area contributed by atoms with Crippen molar-refractivity contribution >= 4 is 53.6 Å². The van der Waals surface area contributed by atoms with Crippen LogP contribution in [0.5, 0.6) is 0 Å². The third kappa shape index (κ3) is 6.86. The van der Waals surface area contributed by atoms with Crippen LogP contribution in [0.4, 0.5) is 4.79 Å². The number of hydrogen-bond acceptors (Lipinski definition) is 4. The fourth-order valence-electron chi connectivity index (χ4n) is 4.24. The molecule has 11 heteroatoms. The molecule has 1 aromatic heterocycles. The second kappa shape index (κ2) is 12.4. The number of carboxylic acid groups (broad SMARTS) is 1. The number of aromatic nitrogens is 2. The van der Waals surface area contributed by atoms with E-state index >= 15 is 0 Å². The van der Waals surface area contributed by atoms with E-state index in [1.807, 2.05) is 51.1 Å². The molecule has 0 aliphatic carbocycles. The van der Waals surface area contributed by atoms with Crippen molar-refractivity contribution in [1.29, 1.82) is 10.8 Å². The van der Waals surface area contributed by atoms with Crippen molar-refractivity contribution in [2.75, 3.05) is 0 Å². The van der Waals surface area contributed by atoms with Crippen LogP contribution in [0.1, 0.15) is 48.8 Å². The fraction of sp³-hybridized carbons (Fsp3) is 0.333. The lowest BCUT2D eigenvalue weighted by Gasteiger charge is -2.38. The standard InChI is InChI=1S/C24H31N7O2.2ClH/c1-13(2)31(24(32)33)21(17-9-11-19-20(12-17)30-14(3)29-19)18(23(27)28)10-6-15-4-7-16(8-5-15)22(25)26;;/h4-5,7-9,11-13,18,21H,6,10H2,1-3H3,(H3,25,26)(H3,27,28)(H,29,30)(H,32,33);2*1H. The van der Waals surface area contributed by atoms with Crippen LogP contribution in [0.2, 0.25) is 0 Å². The summed E-state index contributed by atoms with van der Waals surface area (Å²) in [6.07, 6.45) is 0.00675.